The van der Waals surface area contributed by atoms with Crippen molar-refractivity contribution in [2.75, 3.05) is 5.75 Å². The molecule has 1 aromatic rings. The Kier molecular flexibility index (Phi) is 5.59. The minimum atomic E-state index is 0.128. The average molecular weight is 298 g/mol. The number of hydrogen-bond acceptors (Lipinski definition) is 2. The summed E-state index contributed by atoms with van der Waals surface area (Å²) in [6, 6.07) is 7.98. The lowest BCUT2D eigenvalue weighted by Gasteiger charge is -2.29. The van der Waals surface area contributed by atoms with E-state index >= 15 is 0 Å². The molecule has 1 amide bonds. The molecule has 1 saturated carbocycles. The van der Waals surface area contributed by atoms with Crippen molar-refractivity contribution in [2.45, 2.75) is 43.5 Å². The van der Waals surface area contributed by atoms with Gasteiger partial charge in [-0.1, -0.05) is 37.4 Å². The van der Waals surface area contributed by atoms with Crippen molar-refractivity contribution in [3.8, 4) is 0 Å². The molecule has 2 unspecified atom stereocenters. The first-order valence-corrected chi connectivity index (χ1v) is 8.19. The Morgan fingerprint density at radius 2 is 2.21 bits per heavy atom. The van der Waals surface area contributed by atoms with Gasteiger partial charge in [0.25, 0.3) is 0 Å². The summed E-state index contributed by atoms with van der Waals surface area (Å²) in [4.78, 5) is 13.0. The minimum Gasteiger partial charge on any atom is -0.352 e. The molecule has 1 fully saturated rings. The van der Waals surface area contributed by atoms with E-state index in [-0.39, 0.29) is 5.91 Å². The zero-order valence-corrected chi connectivity index (χ0v) is 12.8. The molecule has 0 radical (unpaired) electrons. The molecule has 1 N–H and O–H groups in total. The van der Waals surface area contributed by atoms with E-state index in [0.717, 1.165) is 11.3 Å². The van der Waals surface area contributed by atoms with Gasteiger partial charge in [-0.05, 0) is 37.0 Å². The minimum absolute atomic E-state index is 0.128. The molecule has 0 saturated heterocycles. The molecule has 19 heavy (non-hydrogen) atoms. The van der Waals surface area contributed by atoms with Gasteiger partial charge in [0.2, 0.25) is 5.91 Å². The van der Waals surface area contributed by atoms with Crippen LogP contribution in [0.2, 0.25) is 5.02 Å². The highest BCUT2D eigenvalue weighted by molar-refractivity contribution is 8.00. The zero-order valence-electron chi connectivity index (χ0n) is 11.2. The van der Waals surface area contributed by atoms with Gasteiger partial charge < -0.3 is 5.32 Å². The van der Waals surface area contributed by atoms with E-state index in [1.807, 2.05) is 24.3 Å². The highest BCUT2D eigenvalue weighted by atomic mass is 35.5. The summed E-state index contributed by atoms with van der Waals surface area (Å²) < 4.78 is 0. The monoisotopic (exact) mass is 297 g/mol. The molecule has 1 aliphatic carbocycles. The zero-order chi connectivity index (χ0) is 13.7. The summed E-state index contributed by atoms with van der Waals surface area (Å²) in [6.07, 6.45) is 4.88. The van der Waals surface area contributed by atoms with Crippen LogP contribution in [0, 0.1) is 5.92 Å². The van der Waals surface area contributed by atoms with Crippen LogP contribution in [0.5, 0.6) is 0 Å². The summed E-state index contributed by atoms with van der Waals surface area (Å²) >= 11 is 7.46. The van der Waals surface area contributed by atoms with Crippen LogP contribution in [0.25, 0.3) is 0 Å². The molecular formula is C15H20ClNOS. The van der Waals surface area contributed by atoms with Crippen LogP contribution in [0.4, 0.5) is 0 Å². The summed E-state index contributed by atoms with van der Waals surface area (Å²) in [5, 5.41) is 3.87. The van der Waals surface area contributed by atoms with E-state index in [4.69, 9.17) is 11.6 Å². The second-order valence-electron chi connectivity index (χ2n) is 5.18. The lowest BCUT2D eigenvalue weighted by Crippen LogP contribution is -2.41. The second kappa shape index (κ2) is 7.20. The SMILES string of the molecule is CC1CCCCC1NC(=O)CSc1cccc(Cl)c1. The van der Waals surface area contributed by atoms with Gasteiger partial charge in [-0.15, -0.1) is 11.8 Å². The third kappa shape index (κ3) is 4.73. The number of carbonyl (C=O) groups is 1. The van der Waals surface area contributed by atoms with Gasteiger partial charge in [0, 0.05) is 16.0 Å². The average Bonchev–Trinajstić information content (AvgIpc) is 2.39. The molecule has 0 heterocycles. The number of carbonyl (C=O) groups excluding carboxylic acids is 1. The van der Waals surface area contributed by atoms with Gasteiger partial charge >= 0.3 is 0 Å². The molecule has 2 nitrogen and oxygen atoms in total. The van der Waals surface area contributed by atoms with Crippen molar-refractivity contribution < 1.29 is 4.79 Å². The predicted octanol–water partition coefficient (Wildman–Crippen LogP) is 4.13. The van der Waals surface area contributed by atoms with Crippen LogP contribution in [0.1, 0.15) is 32.6 Å². The number of thioether (sulfide) groups is 1. The Morgan fingerprint density at radius 1 is 1.42 bits per heavy atom. The van der Waals surface area contributed by atoms with Gasteiger partial charge in [-0.2, -0.15) is 0 Å². The maximum Gasteiger partial charge on any atom is 0.230 e. The van der Waals surface area contributed by atoms with E-state index in [9.17, 15) is 4.79 Å². The first-order chi connectivity index (χ1) is 9.15. The smallest absolute Gasteiger partial charge is 0.230 e. The molecule has 0 aliphatic heterocycles. The fourth-order valence-electron chi connectivity index (χ4n) is 2.48. The van der Waals surface area contributed by atoms with E-state index in [1.165, 1.54) is 31.0 Å². The third-order valence-electron chi connectivity index (χ3n) is 3.62. The maximum atomic E-state index is 12.0. The lowest BCUT2D eigenvalue weighted by atomic mass is 9.86. The van der Waals surface area contributed by atoms with Crippen molar-refractivity contribution in [3.05, 3.63) is 29.3 Å². The number of amides is 1. The van der Waals surface area contributed by atoms with Gasteiger partial charge in [0.1, 0.15) is 0 Å². The van der Waals surface area contributed by atoms with Gasteiger partial charge in [-0.25, -0.2) is 0 Å². The molecule has 104 valence electrons. The number of nitrogens with one attached hydrogen (secondary N) is 1. The Hall–Kier alpha value is -0.670. The Morgan fingerprint density at radius 3 is 2.95 bits per heavy atom. The number of halogens is 1. The predicted molar refractivity (Wildman–Crippen MR) is 81.7 cm³/mol. The molecule has 2 rings (SSSR count). The first-order valence-electron chi connectivity index (χ1n) is 6.83. The number of benzene rings is 1. The normalized spacial score (nSPS) is 23.1. The second-order valence-corrected chi connectivity index (χ2v) is 6.67. The van der Waals surface area contributed by atoms with Crippen molar-refractivity contribution >= 4 is 29.3 Å². The van der Waals surface area contributed by atoms with Crippen molar-refractivity contribution in [1.82, 2.24) is 5.32 Å². The van der Waals surface area contributed by atoms with Gasteiger partial charge in [-0.3, -0.25) is 4.79 Å². The van der Waals surface area contributed by atoms with Gasteiger partial charge in [0.05, 0.1) is 5.75 Å². The van der Waals surface area contributed by atoms with E-state index in [2.05, 4.69) is 12.2 Å². The van der Waals surface area contributed by atoms with Crippen LogP contribution in [-0.4, -0.2) is 17.7 Å². The fraction of sp³-hybridized carbons (Fsp3) is 0.533. The Bertz CT molecular complexity index is 438. The Balaban J connectivity index is 1.78. The van der Waals surface area contributed by atoms with Gasteiger partial charge in [0.15, 0.2) is 0 Å². The van der Waals surface area contributed by atoms with Crippen molar-refractivity contribution in [2.24, 2.45) is 5.92 Å². The van der Waals surface area contributed by atoms with Crippen LogP contribution < -0.4 is 5.32 Å². The number of rotatable bonds is 4. The Labute approximate surface area is 124 Å². The molecule has 1 aromatic carbocycles. The summed E-state index contributed by atoms with van der Waals surface area (Å²) in [5.41, 5.74) is 0. The van der Waals surface area contributed by atoms with E-state index in [1.54, 1.807) is 0 Å². The topological polar surface area (TPSA) is 29.1 Å². The molecule has 0 bridgehead atoms. The largest absolute Gasteiger partial charge is 0.352 e. The summed E-state index contributed by atoms with van der Waals surface area (Å²) in [7, 11) is 0. The molecular weight excluding hydrogens is 278 g/mol. The van der Waals surface area contributed by atoms with Crippen LogP contribution in [-0.2, 0) is 4.79 Å². The first kappa shape index (κ1) is 14.7. The quantitative estimate of drug-likeness (QED) is 0.847. The molecule has 1 aliphatic rings. The van der Waals surface area contributed by atoms with Crippen LogP contribution in [0.15, 0.2) is 29.2 Å². The summed E-state index contributed by atoms with van der Waals surface area (Å²) in [5.74, 6) is 1.20. The highest BCUT2D eigenvalue weighted by Crippen LogP contribution is 2.24. The molecule has 0 spiro atoms. The number of hydrogen-bond donors (Lipinski definition) is 1. The fourth-order valence-corrected chi connectivity index (χ4v) is 3.51. The van der Waals surface area contributed by atoms with Crippen LogP contribution >= 0.6 is 23.4 Å². The third-order valence-corrected chi connectivity index (χ3v) is 4.85. The van der Waals surface area contributed by atoms with Crippen molar-refractivity contribution in [3.63, 3.8) is 0 Å². The van der Waals surface area contributed by atoms with E-state index < -0.39 is 0 Å². The maximum absolute atomic E-state index is 12.0. The standard InChI is InChI=1S/C15H20ClNOS/c1-11-5-2-3-8-14(11)17-15(18)10-19-13-7-4-6-12(16)9-13/h4,6-7,9,11,14H,2-3,5,8,10H2,1H3,(H,17,18). The molecule has 0 aromatic heterocycles. The summed E-state index contributed by atoms with van der Waals surface area (Å²) in [6.45, 7) is 2.23. The lowest BCUT2D eigenvalue weighted by molar-refractivity contribution is -0.119. The van der Waals surface area contributed by atoms with E-state index in [0.29, 0.717) is 22.7 Å². The molecule has 4 heteroatoms. The van der Waals surface area contributed by atoms with Crippen LogP contribution in [0.3, 0.4) is 0 Å². The molecule has 2 atom stereocenters. The highest BCUT2D eigenvalue weighted by Gasteiger charge is 2.22. The van der Waals surface area contributed by atoms with Crippen molar-refractivity contribution in [1.29, 1.82) is 0 Å².